The van der Waals surface area contributed by atoms with Crippen molar-refractivity contribution in [3.8, 4) is 0 Å². The van der Waals surface area contributed by atoms with Crippen LogP contribution in [-0.4, -0.2) is 14.8 Å². The first kappa shape index (κ1) is 12.8. The fraction of sp³-hybridized carbons (Fsp3) is 0.429. The molecule has 1 unspecified atom stereocenters. The first-order valence-corrected chi connectivity index (χ1v) is 6.32. The summed E-state index contributed by atoms with van der Waals surface area (Å²) < 4.78 is 2.01. The third-order valence-electron chi connectivity index (χ3n) is 3.16. The highest BCUT2D eigenvalue weighted by atomic mass is 15.3. The van der Waals surface area contributed by atoms with Gasteiger partial charge in [0.1, 0.15) is 0 Å². The molecule has 4 heteroatoms. The van der Waals surface area contributed by atoms with Crippen molar-refractivity contribution < 1.29 is 0 Å². The van der Waals surface area contributed by atoms with Gasteiger partial charge in [-0.1, -0.05) is 6.07 Å². The average Bonchev–Trinajstić information content (AvgIpc) is 2.70. The van der Waals surface area contributed by atoms with Crippen molar-refractivity contribution in [2.75, 3.05) is 0 Å². The van der Waals surface area contributed by atoms with E-state index in [1.807, 2.05) is 30.7 Å². The summed E-state index contributed by atoms with van der Waals surface area (Å²) in [6.45, 7) is 6.98. The van der Waals surface area contributed by atoms with Gasteiger partial charge in [0, 0.05) is 36.6 Å². The van der Waals surface area contributed by atoms with E-state index in [4.69, 9.17) is 5.73 Å². The number of hydrogen-bond acceptors (Lipinski definition) is 3. The molecule has 0 fully saturated rings. The minimum Gasteiger partial charge on any atom is -0.324 e. The van der Waals surface area contributed by atoms with Gasteiger partial charge in [-0.05, 0) is 38.5 Å². The zero-order valence-electron chi connectivity index (χ0n) is 11.2. The van der Waals surface area contributed by atoms with E-state index in [1.54, 1.807) is 6.20 Å². The highest BCUT2D eigenvalue weighted by Gasteiger charge is 2.13. The second-order valence-corrected chi connectivity index (χ2v) is 4.58. The van der Waals surface area contributed by atoms with Crippen LogP contribution in [0.5, 0.6) is 0 Å². The van der Waals surface area contributed by atoms with Crippen molar-refractivity contribution in [2.45, 2.75) is 39.8 Å². The summed E-state index contributed by atoms with van der Waals surface area (Å²) in [5.41, 5.74) is 10.6. The summed E-state index contributed by atoms with van der Waals surface area (Å²) in [6.07, 6.45) is 2.59. The minimum absolute atomic E-state index is 0.0277. The average molecular weight is 244 g/mol. The van der Waals surface area contributed by atoms with Gasteiger partial charge in [-0.15, -0.1) is 0 Å². The quantitative estimate of drug-likeness (QED) is 0.896. The highest BCUT2D eigenvalue weighted by Crippen LogP contribution is 2.18. The molecule has 2 aromatic heterocycles. The predicted molar refractivity (Wildman–Crippen MR) is 72.2 cm³/mol. The Labute approximate surface area is 108 Å². The van der Waals surface area contributed by atoms with E-state index in [0.717, 1.165) is 29.9 Å². The maximum atomic E-state index is 6.28. The molecule has 18 heavy (non-hydrogen) atoms. The van der Waals surface area contributed by atoms with Gasteiger partial charge in [-0.3, -0.25) is 9.67 Å². The molecule has 0 radical (unpaired) electrons. The molecule has 96 valence electrons. The molecular formula is C14H20N4. The lowest BCUT2D eigenvalue weighted by molar-refractivity contribution is 0.585. The molecule has 1 atom stereocenters. The Hall–Kier alpha value is -1.68. The summed E-state index contributed by atoms with van der Waals surface area (Å²) in [7, 11) is 0. The zero-order chi connectivity index (χ0) is 13.1. The van der Waals surface area contributed by atoms with Crippen molar-refractivity contribution in [1.29, 1.82) is 0 Å². The summed E-state index contributed by atoms with van der Waals surface area (Å²) in [4.78, 5) is 4.29. The Morgan fingerprint density at radius 2 is 2.17 bits per heavy atom. The van der Waals surface area contributed by atoms with Gasteiger partial charge in [-0.2, -0.15) is 5.10 Å². The van der Waals surface area contributed by atoms with Gasteiger partial charge in [0.25, 0.3) is 0 Å². The molecule has 0 bridgehead atoms. The molecule has 4 nitrogen and oxygen atoms in total. The van der Waals surface area contributed by atoms with Crippen LogP contribution in [0.25, 0.3) is 0 Å². The van der Waals surface area contributed by atoms with E-state index < -0.39 is 0 Å². The second kappa shape index (κ2) is 5.31. The number of rotatable bonds is 4. The molecule has 0 amide bonds. The number of pyridine rings is 1. The predicted octanol–water partition coefficient (Wildman–Crippen LogP) is 2.16. The molecule has 0 aromatic carbocycles. The van der Waals surface area contributed by atoms with Crippen LogP contribution in [0.15, 0.2) is 24.4 Å². The molecule has 2 heterocycles. The summed E-state index contributed by atoms with van der Waals surface area (Å²) in [5, 5.41) is 4.44. The van der Waals surface area contributed by atoms with Crippen LogP contribution in [0.3, 0.4) is 0 Å². The first-order chi connectivity index (χ1) is 8.61. The summed E-state index contributed by atoms with van der Waals surface area (Å²) in [6, 6.07) is 6.06. The van der Waals surface area contributed by atoms with Crippen LogP contribution in [-0.2, 0) is 13.0 Å². The molecule has 0 aliphatic rings. The Bertz CT molecular complexity index is 530. The number of nitrogens with two attached hydrogens (primary N) is 1. The van der Waals surface area contributed by atoms with Gasteiger partial charge in [0.05, 0.1) is 5.69 Å². The Morgan fingerprint density at radius 3 is 2.83 bits per heavy atom. The van der Waals surface area contributed by atoms with Gasteiger partial charge >= 0.3 is 0 Å². The zero-order valence-corrected chi connectivity index (χ0v) is 11.2. The lowest BCUT2D eigenvalue weighted by Crippen LogP contribution is -2.17. The van der Waals surface area contributed by atoms with E-state index in [2.05, 4.69) is 23.1 Å². The molecule has 2 N–H and O–H groups in total. The smallest absolute Gasteiger partial charge is 0.0596 e. The SMILES string of the molecule is CCn1nc(C)cc1CC(N)c1cccnc1C. The van der Waals surface area contributed by atoms with E-state index in [-0.39, 0.29) is 6.04 Å². The molecule has 0 saturated heterocycles. The summed E-state index contributed by atoms with van der Waals surface area (Å²) in [5.74, 6) is 0. The van der Waals surface area contributed by atoms with Crippen LogP contribution in [0.2, 0.25) is 0 Å². The Kier molecular flexibility index (Phi) is 3.77. The lowest BCUT2D eigenvalue weighted by atomic mass is 10.0. The van der Waals surface area contributed by atoms with E-state index in [9.17, 15) is 0 Å². The molecular weight excluding hydrogens is 224 g/mol. The van der Waals surface area contributed by atoms with Crippen molar-refractivity contribution in [2.24, 2.45) is 5.73 Å². The number of aromatic nitrogens is 3. The second-order valence-electron chi connectivity index (χ2n) is 4.58. The number of hydrogen-bond donors (Lipinski definition) is 1. The minimum atomic E-state index is -0.0277. The van der Waals surface area contributed by atoms with E-state index >= 15 is 0 Å². The van der Waals surface area contributed by atoms with Crippen LogP contribution >= 0.6 is 0 Å². The van der Waals surface area contributed by atoms with Crippen LogP contribution in [0.1, 0.15) is 35.6 Å². The van der Waals surface area contributed by atoms with Crippen molar-refractivity contribution in [1.82, 2.24) is 14.8 Å². The topological polar surface area (TPSA) is 56.7 Å². The number of nitrogens with zero attached hydrogens (tertiary/aromatic N) is 3. The first-order valence-electron chi connectivity index (χ1n) is 6.32. The molecule has 0 aliphatic heterocycles. The van der Waals surface area contributed by atoms with Crippen LogP contribution in [0.4, 0.5) is 0 Å². The standard InChI is InChI=1S/C14H20N4/c1-4-18-12(8-10(2)17-18)9-14(15)13-6-5-7-16-11(13)3/h5-8,14H,4,9,15H2,1-3H3. The van der Waals surface area contributed by atoms with E-state index in [1.165, 1.54) is 5.69 Å². The monoisotopic (exact) mass is 244 g/mol. The molecule has 0 aliphatic carbocycles. The third kappa shape index (κ3) is 2.59. The molecule has 2 aromatic rings. The summed E-state index contributed by atoms with van der Waals surface area (Å²) >= 11 is 0. The van der Waals surface area contributed by atoms with Crippen molar-refractivity contribution >= 4 is 0 Å². The van der Waals surface area contributed by atoms with Crippen LogP contribution in [0, 0.1) is 13.8 Å². The number of aryl methyl sites for hydroxylation is 3. The normalized spacial score (nSPS) is 12.7. The molecule has 0 spiro atoms. The fourth-order valence-corrected chi connectivity index (χ4v) is 2.26. The van der Waals surface area contributed by atoms with Gasteiger partial charge < -0.3 is 5.73 Å². The van der Waals surface area contributed by atoms with Crippen molar-refractivity contribution in [3.05, 3.63) is 47.0 Å². The molecule has 0 saturated carbocycles. The van der Waals surface area contributed by atoms with Crippen molar-refractivity contribution in [3.63, 3.8) is 0 Å². The maximum Gasteiger partial charge on any atom is 0.0596 e. The van der Waals surface area contributed by atoms with Gasteiger partial charge in [0.2, 0.25) is 0 Å². The highest BCUT2D eigenvalue weighted by molar-refractivity contribution is 5.24. The van der Waals surface area contributed by atoms with Gasteiger partial charge in [-0.25, -0.2) is 0 Å². The van der Waals surface area contributed by atoms with Gasteiger partial charge in [0.15, 0.2) is 0 Å². The lowest BCUT2D eigenvalue weighted by Gasteiger charge is -2.14. The van der Waals surface area contributed by atoms with Crippen LogP contribution < -0.4 is 5.73 Å². The Balaban J connectivity index is 2.21. The third-order valence-corrected chi connectivity index (χ3v) is 3.16. The fourth-order valence-electron chi connectivity index (χ4n) is 2.26. The largest absolute Gasteiger partial charge is 0.324 e. The molecule has 2 rings (SSSR count). The van der Waals surface area contributed by atoms with E-state index in [0.29, 0.717) is 0 Å². The maximum absolute atomic E-state index is 6.28. The Morgan fingerprint density at radius 1 is 1.39 bits per heavy atom.